The number of hydrogen-bond donors (Lipinski definition) is 0. The van der Waals surface area contributed by atoms with E-state index in [1.807, 2.05) is 0 Å². The molecule has 2 rings (SSSR count). The molecule has 2 aromatic heterocycles. The lowest BCUT2D eigenvalue weighted by molar-refractivity contribution is 0.0961. The van der Waals surface area contributed by atoms with Gasteiger partial charge in [0.05, 0.1) is 0 Å². The largest absolute Gasteiger partial charge is 0.291 e. The summed E-state index contributed by atoms with van der Waals surface area (Å²) in [5.74, 6) is -1.29. The molecule has 18 heavy (non-hydrogen) atoms. The molecule has 0 aliphatic carbocycles. The number of aromatic nitrogens is 2. The van der Waals surface area contributed by atoms with Gasteiger partial charge in [0.1, 0.15) is 0 Å². The number of ketones is 1. The molecule has 5 nitrogen and oxygen atoms in total. The lowest BCUT2D eigenvalue weighted by Gasteiger charge is -2.07. The molecular weight excluding hydrogens is 237 g/mol. The van der Waals surface area contributed by atoms with Crippen molar-refractivity contribution in [1.29, 1.82) is 0 Å². The fraction of sp³-hybridized carbons (Fsp3) is 0.0833. The number of nitrogens with zero attached hydrogens (tertiary/aromatic N) is 3. The Labute approximate surface area is 102 Å². The summed E-state index contributed by atoms with van der Waals surface area (Å²) in [7, 11) is 0. The van der Waals surface area contributed by atoms with E-state index in [0.29, 0.717) is 0 Å². The van der Waals surface area contributed by atoms with Gasteiger partial charge in [0.25, 0.3) is 0 Å². The second kappa shape index (κ2) is 5.22. The third-order valence-corrected chi connectivity index (χ3v) is 2.37. The van der Waals surface area contributed by atoms with Crippen LogP contribution >= 0.6 is 0 Å². The second-order valence-corrected chi connectivity index (χ2v) is 3.53. The molecule has 0 radical (unpaired) electrons. The van der Waals surface area contributed by atoms with Crippen molar-refractivity contribution in [1.82, 2.24) is 9.97 Å². The number of Topliss-reactive ketones (excluding diaryl/α,β-unsaturated/α-hetero) is 1. The smallest absolute Gasteiger partial charge is 0.213 e. The lowest BCUT2D eigenvalue weighted by Crippen LogP contribution is -2.11. The minimum Gasteiger partial charge on any atom is -0.291 e. The molecule has 1 atom stereocenters. The fourth-order valence-electron chi connectivity index (χ4n) is 1.51. The Balaban J connectivity index is 2.35. The molecule has 0 aromatic carbocycles. The molecule has 0 bridgehead atoms. The Hall–Kier alpha value is -2.50. The van der Waals surface area contributed by atoms with Crippen LogP contribution in [0, 0.1) is 10.9 Å². The molecule has 0 fully saturated rings. The van der Waals surface area contributed by atoms with Crippen LogP contribution in [0.25, 0.3) is 0 Å². The van der Waals surface area contributed by atoms with E-state index in [0.717, 1.165) is 6.07 Å². The summed E-state index contributed by atoms with van der Waals surface area (Å²) in [4.78, 5) is 29.9. The summed E-state index contributed by atoms with van der Waals surface area (Å²) in [6.45, 7) is 0. The second-order valence-electron chi connectivity index (χ2n) is 3.53. The van der Waals surface area contributed by atoms with E-state index in [1.54, 1.807) is 6.07 Å². The Bertz CT molecular complexity index is 575. The van der Waals surface area contributed by atoms with Gasteiger partial charge in [-0.05, 0) is 29.8 Å². The maximum Gasteiger partial charge on any atom is 0.213 e. The molecule has 2 heterocycles. The molecule has 0 spiro atoms. The van der Waals surface area contributed by atoms with E-state index >= 15 is 0 Å². The van der Waals surface area contributed by atoms with E-state index in [9.17, 15) is 14.1 Å². The normalized spacial score (nSPS) is 11.8. The zero-order chi connectivity index (χ0) is 13.0. The van der Waals surface area contributed by atoms with Crippen molar-refractivity contribution in [3.05, 3.63) is 64.8 Å². The maximum absolute atomic E-state index is 13.0. The summed E-state index contributed by atoms with van der Waals surface area (Å²) in [5, 5.41) is 2.75. The first kappa shape index (κ1) is 12.0. The number of rotatable bonds is 4. The highest BCUT2D eigenvalue weighted by Gasteiger charge is 2.23. The predicted octanol–water partition coefficient (Wildman–Crippen LogP) is 2.31. The molecule has 0 amide bonds. The van der Waals surface area contributed by atoms with Crippen molar-refractivity contribution in [2.24, 2.45) is 5.18 Å². The van der Waals surface area contributed by atoms with Gasteiger partial charge >= 0.3 is 0 Å². The number of halogens is 1. The average molecular weight is 245 g/mol. The van der Waals surface area contributed by atoms with Crippen LogP contribution in [-0.2, 0) is 0 Å². The van der Waals surface area contributed by atoms with Crippen LogP contribution in [0.5, 0.6) is 0 Å². The van der Waals surface area contributed by atoms with Crippen molar-refractivity contribution in [2.75, 3.05) is 0 Å². The Kier molecular flexibility index (Phi) is 3.47. The van der Waals surface area contributed by atoms with Gasteiger partial charge in [-0.3, -0.25) is 9.78 Å². The first-order valence-electron chi connectivity index (χ1n) is 5.10. The summed E-state index contributed by atoms with van der Waals surface area (Å²) in [5.41, 5.74) is 0.422. The first-order chi connectivity index (χ1) is 8.72. The summed E-state index contributed by atoms with van der Waals surface area (Å²) >= 11 is 0. The van der Waals surface area contributed by atoms with Gasteiger partial charge < -0.3 is 0 Å². The number of carbonyl (C=O) groups is 1. The topological polar surface area (TPSA) is 72.3 Å². The molecule has 0 N–H and O–H groups in total. The molecule has 6 heteroatoms. The van der Waals surface area contributed by atoms with Crippen molar-refractivity contribution in [3.63, 3.8) is 0 Å². The van der Waals surface area contributed by atoms with Gasteiger partial charge in [-0.1, -0.05) is 5.18 Å². The van der Waals surface area contributed by atoms with Gasteiger partial charge in [-0.25, -0.2) is 4.98 Å². The van der Waals surface area contributed by atoms with E-state index < -0.39 is 17.8 Å². The molecule has 90 valence electrons. The van der Waals surface area contributed by atoms with E-state index in [4.69, 9.17) is 0 Å². The molecule has 0 aliphatic rings. The molecule has 2 aromatic rings. The van der Waals surface area contributed by atoms with Crippen LogP contribution in [0.2, 0.25) is 0 Å². The minimum atomic E-state index is -1.29. The zero-order valence-electron chi connectivity index (χ0n) is 9.15. The Morgan fingerprint density at radius 3 is 2.78 bits per heavy atom. The van der Waals surface area contributed by atoms with Crippen LogP contribution in [0.1, 0.15) is 22.0 Å². The van der Waals surface area contributed by atoms with Crippen LogP contribution in [-0.4, -0.2) is 15.8 Å². The number of hydrogen-bond acceptors (Lipinski definition) is 5. The zero-order valence-corrected chi connectivity index (χ0v) is 9.15. The highest BCUT2D eigenvalue weighted by atomic mass is 19.1. The summed E-state index contributed by atoms with van der Waals surface area (Å²) in [6, 6.07) is 4.20. The van der Waals surface area contributed by atoms with Gasteiger partial charge in [0.2, 0.25) is 5.95 Å². The van der Waals surface area contributed by atoms with Crippen LogP contribution in [0.4, 0.5) is 4.39 Å². The first-order valence-corrected chi connectivity index (χ1v) is 5.10. The third kappa shape index (κ3) is 2.42. The number of nitroso groups, excluding NO2 is 1. The van der Waals surface area contributed by atoms with Crippen molar-refractivity contribution in [2.45, 2.75) is 6.04 Å². The third-order valence-electron chi connectivity index (χ3n) is 2.37. The molecular formula is C12H8FN3O2. The van der Waals surface area contributed by atoms with Crippen LogP contribution in [0.3, 0.4) is 0 Å². The SMILES string of the molecule is O=NC(C(=O)c1cccnc1)c1ccnc(F)c1. The standard InChI is InChI=1S/C12H8FN3O2/c13-10-6-8(3-5-15-10)11(16-18)12(17)9-2-1-4-14-7-9/h1-7,11H. The average Bonchev–Trinajstić information content (AvgIpc) is 2.40. The number of pyridine rings is 2. The quantitative estimate of drug-likeness (QED) is 0.470. The fourth-order valence-corrected chi connectivity index (χ4v) is 1.51. The molecule has 0 saturated heterocycles. The van der Waals surface area contributed by atoms with E-state index in [-0.39, 0.29) is 11.1 Å². The van der Waals surface area contributed by atoms with Gasteiger partial charge in [0.15, 0.2) is 11.8 Å². The van der Waals surface area contributed by atoms with E-state index in [1.165, 1.54) is 30.7 Å². The van der Waals surface area contributed by atoms with Crippen molar-refractivity contribution in [3.8, 4) is 0 Å². The predicted molar refractivity (Wildman–Crippen MR) is 61.3 cm³/mol. The molecule has 0 aliphatic heterocycles. The minimum absolute atomic E-state index is 0.173. The summed E-state index contributed by atoms with van der Waals surface area (Å²) < 4.78 is 13.0. The highest BCUT2D eigenvalue weighted by molar-refractivity contribution is 6.00. The lowest BCUT2D eigenvalue weighted by atomic mass is 10.0. The van der Waals surface area contributed by atoms with E-state index in [2.05, 4.69) is 15.1 Å². The van der Waals surface area contributed by atoms with Crippen LogP contribution in [0.15, 0.2) is 48.0 Å². The van der Waals surface area contributed by atoms with Gasteiger partial charge in [0, 0.05) is 24.2 Å². The Morgan fingerprint density at radius 2 is 2.17 bits per heavy atom. The molecule has 1 unspecified atom stereocenters. The molecule has 0 saturated carbocycles. The van der Waals surface area contributed by atoms with Crippen LogP contribution < -0.4 is 0 Å². The summed E-state index contributed by atoms with van der Waals surface area (Å²) in [6.07, 6.45) is 4.02. The maximum atomic E-state index is 13.0. The van der Waals surface area contributed by atoms with Crippen molar-refractivity contribution >= 4 is 5.78 Å². The highest BCUT2D eigenvalue weighted by Crippen LogP contribution is 2.21. The number of carbonyl (C=O) groups excluding carboxylic acids is 1. The monoisotopic (exact) mass is 245 g/mol. The van der Waals surface area contributed by atoms with Crippen molar-refractivity contribution < 1.29 is 9.18 Å². The van der Waals surface area contributed by atoms with Gasteiger partial charge in [-0.15, -0.1) is 4.91 Å². The Morgan fingerprint density at radius 1 is 1.33 bits per heavy atom. The van der Waals surface area contributed by atoms with Gasteiger partial charge in [-0.2, -0.15) is 4.39 Å².